The van der Waals surface area contributed by atoms with Crippen molar-refractivity contribution in [2.75, 3.05) is 25.5 Å². The van der Waals surface area contributed by atoms with Crippen LogP contribution in [0.2, 0.25) is 0 Å². The Hall–Kier alpha value is -1.60. The molecule has 0 amide bonds. The fraction of sp³-hybridized carbons (Fsp3) is 0.417. The van der Waals surface area contributed by atoms with Crippen LogP contribution in [0.1, 0.15) is 6.42 Å². The number of rotatable bonds is 5. The second kappa shape index (κ2) is 6.09. The third kappa shape index (κ3) is 3.52. The van der Waals surface area contributed by atoms with Gasteiger partial charge in [-0.05, 0) is 37.7 Å². The number of nitrogens with zero attached hydrogens (tertiary/aromatic N) is 2. The zero-order valence-electron chi connectivity index (χ0n) is 9.57. The number of nitriles is 1. The van der Waals surface area contributed by atoms with Crippen LogP contribution < -0.4 is 10.2 Å². The van der Waals surface area contributed by atoms with E-state index in [0.29, 0.717) is 0 Å². The van der Waals surface area contributed by atoms with Crippen LogP contribution in [0.15, 0.2) is 24.3 Å². The lowest BCUT2D eigenvalue weighted by Crippen LogP contribution is -2.29. The van der Waals surface area contributed by atoms with E-state index in [4.69, 9.17) is 5.26 Å². The van der Waals surface area contributed by atoms with E-state index >= 15 is 0 Å². The molecule has 1 N–H and O–H groups in total. The third-order valence-corrected chi connectivity index (χ3v) is 2.52. The summed E-state index contributed by atoms with van der Waals surface area (Å²) in [5.41, 5.74) is 0.953. The summed E-state index contributed by atoms with van der Waals surface area (Å²) in [6, 6.07) is 8.37. The maximum absolute atomic E-state index is 12.7. The molecular weight excluding hydrogens is 205 g/mol. The van der Waals surface area contributed by atoms with Crippen molar-refractivity contribution in [2.24, 2.45) is 0 Å². The molecule has 3 nitrogen and oxygen atoms in total. The Kier molecular flexibility index (Phi) is 4.74. The molecule has 1 unspecified atom stereocenters. The van der Waals surface area contributed by atoms with Crippen LogP contribution >= 0.6 is 0 Å². The number of hydrogen-bond acceptors (Lipinski definition) is 3. The van der Waals surface area contributed by atoms with Gasteiger partial charge in [0.15, 0.2) is 0 Å². The summed E-state index contributed by atoms with van der Waals surface area (Å²) in [7, 11) is 3.70. The number of benzene rings is 1. The maximum atomic E-state index is 12.7. The van der Waals surface area contributed by atoms with Crippen LogP contribution in [-0.4, -0.2) is 26.7 Å². The lowest BCUT2D eigenvalue weighted by molar-refractivity contribution is 0.618. The Balaban J connectivity index is 2.50. The molecule has 0 fully saturated rings. The normalized spacial score (nSPS) is 11.9. The molecule has 0 radical (unpaired) electrons. The first-order chi connectivity index (χ1) is 7.67. The quantitative estimate of drug-likeness (QED) is 0.823. The summed E-state index contributed by atoms with van der Waals surface area (Å²) in [6.45, 7) is 0.755. The van der Waals surface area contributed by atoms with E-state index in [0.717, 1.165) is 18.7 Å². The van der Waals surface area contributed by atoms with E-state index in [-0.39, 0.29) is 11.9 Å². The molecule has 0 saturated heterocycles. The number of hydrogen-bond donors (Lipinski definition) is 1. The van der Waals surface area contributed by atoms with E-state index in [9.17, 15) is 4.39 Å². The molecule has 0 spiro atoms. The highest BCUT2D eigenvalue weighted by Crippen LogP contribution is 2.13. The minimum atomic E-state index is -0.234. The molecule has 1 aromatic carbocycles. The average molecular weight is 221 g/mol. The van der Waals surface area contributed by atoms with Crippen molar-refractivity contribution in [3.8, 4) is 6.07 Å². The summed E-state index contributed by atoms with van der Waals surface area (Å²) in [5.74, 6) is -0.234. The Labute approximate surface area is 95.5 Å². The number of halogens is 1. The second-order valence-electron chi connectivity index (χ2n) is 3.66. The van der Waals surface area contributed by atoms with Crippen molar-refractivity contribution in [3.05, 3.63) is 30.1 Å². The summed E-state index contributed by atoms with van der Waals surface area (Å²) >= 11 is 0. The van der Waals surface area contributed by atoms with Crippen molar-refractivity contribution in [2.45, 2.75) is 12.5 Å². The first-order valence-electron chi connectivity index (χ1n) is 5.21. The Morgan fingerprint density at radius 1 is 1.44 bits per heavy atom. The Morgan fingerprint density at radius 3 is 2.56 bits per heavy atom. The maximum Gasteiger partial charge on any atom is 0.123 e. The molecule has 0 saturated carbocycles. The lowest BCUT2D eigenvalue weighted by atomic mass is 10.2. The molecule has 4 heteroatoms. The third-order valence-electron chi connectivity index (χ3n) is 2.52. The van der Waals surface area contributed by atoms with Crippen molar-refractivity contribution >= 4 is 5.69 Å². The van der Waals surface area contributed by atoms with Crippen molar-refractivity contribution in [1.29, 1.82) is 5.26 Å². The van der Waals surface area contributed by atoms with Crippen LogP contribution in [0.3, 0.4) is 0 Å². The van der Waals surface area contributed by atoms with Gasteiger partial charge < -0.3 is 10.2 Å². The van der Waals surface area contributed by atoms with Gasteiger partial charge in [0.2, 0.25) is 0 Å². The van der Waals surface area contributed by atoms with Crippen LogP contribution in [0.5, 0.6) is 0 Å². The first-order valence-corrected chi connectivity index (χ1v) is 5.21. The lowest BCUT2D eigenvalue weighted by Gasteiger charge is -2.20. The first kappa shape index (κ1) is 12.5. The highest BCUT2D eigenvalue weighted by molar-refractivity contribution is 5.45. The number of anilines is 1. The van der Waals surface area contributed by atoms with Gasteiger partial charge in [0.1, 0.15) is 5.82 Å². The molecule has 86 valence electrons. The van der Waals surface area contributed by atoms with Gasteiger partial charge in [0.25, 0.3) is 0 Å². The summed E-state index contributed by atoms with van der Waals surface area (Å²) in [6.07, 6.45) is 0.737. The average Bonchev–Trinajstić information content (AvgIpc) is 2.31. The molecule has 1 atom stereocenters. The molecule has 0 aromatic heterocycles. The van der Waals surface area contributed by atoms with E-state index < -0.39 is 0 Å². The fourth-order valence-corrected chi connectivity index (χ4v) is 1.42. The Morgan fingerprint density at radius 2 is 2.06 bits per heavy atom. The van der Waals surface area contributed by atoms with Crippen LogP contribution in [0.25, 0.3) is 0 Å². The zero-order valence-corrected chi connectivity index (χ0v) is 9.57. The predicted octanol–water partition coefficient (Wildman–Crippen LogP) is 1.76. The van der Waals surface area contributed by atoms with Gasteiger partial charge in [-0.25, -0.2) is 4.39 Å². The predicted molar refractivity (Wildman–Crippen MR) is 62.7 cm³/mol. The van der Waals surface area contributed by atoms with Gasteiger partial charge in [-0.15, -0.1) is 0 Å². The van der Waals surface area contributed by atoms with Gasteiger partial charge in [-0.2, -0.15) is 5.26 Å². The fourth-order valence-electron chi connectivity index (χ4n) is 1.42. The molecule has 0 aliphatic heterocycles. The molecule has 0 heterocycles. The minimum Gasteiger partial charge on any atom is -0.374 e. The molecular formula is C12H16FN3. The number of nitrogens with one attached hydrogen (secondary N) is 1. The van der Waals surface area contributed by atoms with Gasteiger partial charge in [-0.3, -0.25) is 0 Å². The van der Waals surface area contributed by atoms with Gasteiger partial charge in [0, 0.05) is 19.3 Å². The molecule has 1 aromatic rings. The molecule has 16 heavy (non-hydrogen) atoms. The minimum absolute atomic E-state index is 0.136. The monoisotopic (exact) mass is 221 g/mol. The highest BCUT2D eigenvalue weighted by atomic mass is 19.1. The molecule has 1 rings (SSSR count). The zero-order chi connectivity index (χ0) is 12.0. The SMILES string of the molecule is CNC(C#N)CCN(C)c1ccc(F)cc1. The molecule has 0 aliphatic rings. The second-order valence-corrected chi connectivity index (χ2v) is 3.66. The largest absolute Gasteiger partial charge is 0.374 e. The summed E-state index contributed by atoms with van der Waals surface area (Å²) in [5, 5.41) is 11.7. The van der Waals surface area contributed by atoms with Crippen LogP contribution in [0.4, 0.5) is 10.1 Å². The van der Waals surface area contributed by atoms with E-state index in [2.05, 4.69) is 11.4 Å². The van der Waals surface area contributed by atoms with E-state index in [1.54, 1.807) is 19.2 Å². The topological polar surface area (TPSA) is 39.1 Å². The summed E-state index contributed by atoms with van der Waals surface area (Å²) < 4.78 is 12.7. The standard InChI is InChI=1S/C12H16FN3/c1-15-11(9-14)7-8-16(2)12-5-3-10(13)4-6-12/h3-6,11,15H,7-8H2,1-2H3. The summed E-state index contributed by atoms with van der Waals surface area (Å²) in [4.78, 5) is 2.00. The smallest absolute Gasteiger partial charge is 0.123 e. The van der Waals surface area contributed by atoms with Gasteiger partial charge in [-0.1, -0.05) is 0 Å². The Bertz CT molecular complexity index is 356. The van der Waals surface area contributed by atoms with Crippen molar-refractivity contribution in [1.82, 2.24) is 5.32 Å². The van der Waals surface area contributed by atoms with E-state index in [1.165, 1.54) is 12.1 Å². The van der Waals surface area contributed by atoms with Crippen molar-refractivity contribution < 1.29 is 4.39 Å². The van der Waals surface area contributed by atoms with Gasteiger partial charge >= 0.3 is 0 Å². The highest BCUT2D eigenvalue weighted by Gasteiger charge is 2.06. The van der Waals surface area contributed by atoms with Gasteiger partial charge in [0.05, 0.1) is 12.1 Å². The molecule has 0 aliphatic carbocycles. The van der Waals surface area contributed by atoms with E-state index in [1.807, 2.05) is 11.9 Å². The van der Waals surface area contributed by atoms with Crippen LogP contribution in [-0.2, 0) is 0 Å². The molecule has 0 bridgehead atoms. The van der Waals surface area contributed by atoms with Crippen molar-refractivity contribution in [3.63, 3.8) is 0 Å². The van der Waals surface area contributed by atoms with Crippen LogP contribution in [0, 0.1) is 17.1 Å².